The molecule has 116 valence electrons. The van der Waals surface area contributed by atoms with E-state index in [1.807, 2.05) is 37.3 Å². The normalized spacial score (nSPS) is 10.7. The molecule has 0 saturated carbocycles. The van der Waals surface area contributed by atoms with Crippen LogP contribution < -0.4 is 11.1 Å². The fourth-order valence-electron chi connectivity index (χ4n) is 2.22. The van der Waals surface area contributed by atoms with Crippen molar-refractivity contribution in [2.24, 2.45) is 5.73 Å². The van der Waals surface area contributed by atoms with Crippen molar-refractivity contribution in [1.82, 2.24) is 15.0 Å². The lowest BCUT2D eigenvalue weighted by Crippen LogP contribution is -2.18. The third kappa shape index (κ3) is 3.07. The Bertz CT molecular complexity index is 897. The van der Waals surface area contributed by atoms with Crippen LogP contribution in [0.15, 0.2) is 36.5 Å². The maximum atomic E-state index is 11.6. The Labute approximate surface area is 137 Å². The molecule has 0 saturated heterocycles. The Kier molecular flexibility index (Phi) is 4.08. The van der Waals surface area contributed by atoms with Gasteiger partial charge in [0.1, 0.15) is 0 Å². The van der Waals surface area contributed by atoms with Gasteiger partial charge in [-0.1, -0.05) is 24.6 Å². The number of nitrogens with zero attached hydrogens (tertiary/aromatic N) is 3. The molecule has 6 nitrogen and oxygen atoms in total. The Hall–Kier alpha value is -2.73. The van der Waals surface area contributed by atoms with Crippen LogP contribution in [0.25, 0.3) is 10.9 Å². The van der Waals surface area contributed by atoms with Gasteiger partial charge in [0.15, 0.2) is 16.7 Å². The van der Waals surface area contributed by atoms with Crippen molar-refractivity contribution in [3.63, 3.8) is 0 Å². The summed E-state index contributed by atoms with van der Waals surface area (Å²) in [5.41, 5.74) is 7.61. The predicted octanol–water partition coefficient (Wildman–Crippen LogP) is 3.08. The lowest BCUT2D eigenvalue weighted by atomic mass is 10.2. The molecule has 7 heteroatoms. The van der Waals surface area contributed by atoms with E-state index >= 15 is 0 Å². The van der Waals surface area contributed by atoms with Gasteiger partial charge in [-0.25, -0.2) is 9.97 Å². The number of carbonyl (C=O) groups excluding carboxylic acids is 1. The van der Waals surface area contributed by atoms with Crippen molar-refractivity contribution >= 4 is 39.9 Å². The number of anilines is 2. The van der Waals surface area contributed by atoms with Gasteiger partial charge in [-0.15, -0.1) is 0 Å². The molecule has 1 amide bonds. The zero-order valence-electron chi connectivity index (χ0n) is 12.4. The number of nitrogens with one attached hydrogen (secondary N) is 1. The molecule has 0 aliphatic carbocycles. The van der Waals surface area contributed by atoms with E-state index in [0.717, 1.165) is 16.6 Å². The van der Waals surface area contributed by atoms with E-state index in [1.54, 1.807) is 6.20 Å². The Morgan fingerprint density at radius 2 is 2.13 bits per heavy atom. The topological polar surface area (TPSA) is 93.8 Å². The van der Waals surface area contributed by atoms with Gasteiger partial charge in [-0.3, -0.25) is 9.78 Å². The molecular formula is C16H14ClN5O. The number of benzene rings is 1. The quantitative estimate of drug-likeness (QED) is 0.768. The highest BCUT2D eigenvalue weighted by Crippen LogP contribution is 2.24. The molecule has 0 unspecified atom stereocenters. The average molecular weight is 328 g/mol. The van der Waals surface area contributed by atoms with Crippen LogP contribution in [-0.4, -0.2) is 20.9 Å². The summed E-state index contributed by atoms with van der Waals surface area (Å²) in [5.74, 6) is -0.420. The van der Waals surface area contributed by atoms with E-state index in [2.05, 4.69) is 20.3 Å². The number of nitrogens with two attached hydrogens (primary N) is 1. The molecule has 0 aliphatic heterocycles. The predicted molar refractivity (Wildman–Crippen MR) is 90.0 cm³/mol. The Balaban J connectivity index is 2.03. The zero-order chi connectivity index (χ0) is 16.4. The molecule has 23 heavy (non-hydrogen) atoms. The first kappa shape index (κ1) is 15.2. The lowest BCUT2D eigenvalue weighted by Gasteiger charge is -2.11. The SMILES string of the molecule is CCc1nc(C(N)=O)c(Nc2ccc3ncccc3c2)nc1Cl. The van der Waals surface area contributed by atoms with Gasteiger partial charge < -0.3 is 11.1 Å². The molecule has 0 bridgehead atoms. The summed E-state index contributed by atoms with van der Waals surface area (Å²) in [6, 6.07) is 9.41. The fraction of sp³-hybridized carbons (Fsp3) is 0.125. The number of primary amides is 1. The van der Waals surface area contributed by atoms with Gasteiger partial charge in [-0.05, 0) is 30.7 Å². The molecular weight excluding hydrogens is 314 g/mol. The number of aromatic nitrogens is 3. The van der Waals surface area contributed by atoms with Gasteiger partial charge >= 0.3 is 0 Å². The minimum Gasteiger partial charge on any atom is -0.364 e. The van der Waals surface area contributed by atoms with Gasteiger partial charge in [0.25, 0.3) is 5.91 Å². The summed E-state index contributed by atoms with van der Waals surface area (Å²) in [6.45, 7) is 1.88. The number of hydrogen-bond acceptors (Lipinski definition) is 5. The number of halogens is 1. The van der Waals surface area contributed by atoms with Crippen molar-refractivity contribution in [3.8, 4) is 0 Å². The van der Waals surface area contributed by atoms with Crippen molar-refractivity contribution in [3.05, 3.63) is 53.1 Å². The van der Waals surface area contributed by atoms with E-state index in [4.69, 9.17) is 17.3 Å². The maximum absolute atomic E-state index is 11.6. The molecule has 1 aromatic carbocycles. The Morgan fingerprint density at radius 1 is 1.30 bits per heavy atom. The minimum atomic E-state index is -0.658. The van der Waals surface area contributed by atoms with E-state index in [0.29, 0.717) is 12.1 Å². The van der Waals surface area contributed by atoms with Crippen LogP contribution in [0.2, 0.25) is 5.15 Å². The number of amides is 1. The number of rotatable bonds is 4. The second kappa shape index (κ2) is 6.18. The third-order valence-corrected chi connectivity index (χ3v) is 3.66. The standard InChI is InChI=1S/C16H14ClN5O/c1-2-11-14(17)22-16(13(21-11)15(18)23)20-10-5-6-12-9(8-10)4-3-7-19-12/h3-8H,2H2,1H3,(H2,18,23)(H,20,22). The second-order valence-electron chi connectivity index (χ2n) is 4.91. The number of hydrogen-bond donors (Lipinski definition) is 2. The average Bonchev–Trinajstić information content (AvgIpc) is 2.54. The number of pyridine rings is 1. The van der Waals surface area contributed by atoms with E-state index < -0.39 is 5.91 Å². The highest BCUT2D eigenvalue weighted by Gasteiger charge is 2.16. The van der Waals surface area contributed by atoms with Crippen molar-refractivity contribution in [2.45, 2.75) is 13.3 Å². The smallest absolute Gasteiger partial charge is 0.271 e. The van der Waals surface area contributed by atoms with Gasteiger partial charge in [0.2, 0.25) is 0 Å². The van der Waals surface area contributed by atoms with Gasteiger partial charge in [0, 0.05) is 17.3 Å². The third-order valence-electron chi connectivity index (χ3n) is 3.35. The van der Waals surface area contributed by atoms with E-state index in [9.17, 15) is 4.79 Å². The molecule has 3 N–H and O–H groups in total. The molecule has 3 rings (SSSR count). The van der Waals surface area contributed by atoms with Crippen LogP contribution in [0.3, 0.4) is 0 Å². The first-order chi connectivity index (χ1) is 11.1. The lowest BCUT2D eigenvalue weighted by molar-refractivity contribution is 0.0996. The van der Waals surface area contributed by atoms with Crippen molar-refractivity contribution < 1.29 is 4.79 Å². The van der Waals surface area contributed by atoms with Gasteiger partial charge in [0.05, 0.1) is 11.2 Å². The van der Waals surface area contributed by atoms with Crippen LogP contribution in [0, 0.1) is 0 Å². The summed E-state index contributed by atoms with van der Waals surface area (Å²) in [7, 11) is 0. The van der Waals surface area contributed by atoms with Crippen LogP contribution >= 0.6 is 11.6 Å². The molecule has 0 aliphatic rings. The molecule has 0 atom stereocenters. The van der Waals surface area contributed by atoms with Crippen molar-refractivity contribution in [2.75, 3.05) is 5.32 Å². The van der Waals surface area contributed by atoms with Crippen LogP contribution in [-0.2, 0) is 6.42 Å². The van der Waals surface area contributed by atoms with Crippen molar-refractivity contribution in [1.29, 1.82) is 0 Å². The fourth-order valence-corrected chi connectivity index (χ4v) is 2.48. The summed E-state index contributed by atoms with van der Waals surface area (Å²) >= 11 is 6.09. The molecule has 2 aromatic heterocycles. The highest BCUT2D eigenvalue weighted by molar-refractivity contribution is 6.30. The van der Waals surface area contributed by atoms with Crippen LogP contribution in [0.5, 0.6) is 0 Å². The minimum absolute atomic E-state index is 0.0672. The molecule has 0 fully saturated rings. The zero-order valence-corrected chi connectivity index (χ0v) is 13.1. The van der Waals surface area contributed by atoms with Crippen LogP contribution in [0.4, 0.5) is 11.5 Å². The number of fused-ring (bicyclic) bond motifs is 1. The largest absolute Gasteiger partial charge is 0.364 e. The first-order valence-electron chi connectivity index (χ1n) is 7.06. The van der Waals surface area contributed by atoms with E-state index in [-0.39, 0.29) is 16.7 Å². The van der Waals surface area contributed by atoms with E-state index in [1.165, 1.54) is 0 Å². The molecule has 3 aromatic rings. The summed E-state index contributed by atoms with van der Waals surface area (Å²) in [6.07, 6.45) is 2.30. The monoisotopic (exact) mass is 327 g/mol. The van der Waals surface area contributed by atoms with Crippen LogP contribution in [0.1, 0.15) is 23.1 Å². The molecule has 0 radical (unpaired) electrons. The molecule has 0 spiro atoms. The number of carbonyl (C=O) groups is 1. The summed E-state index contributed by atoms with van der Waals surface area (Å²) < 4.78 is 0. The summed E-state index contributed by atoms with van der Waals surface area (Å²) in [5, 5.41) is 4.26. The first-order valence-corrected chi connectivity index (χ1v) is 7.44. The maximum Gasteiger partial charge on any atom is 0.271 e. The number of aryl methyl sites for hydroxylation is 1. The second-order valence-corrected chi connectivity index (χ2v) is 5.27. The highest BCUT2D eigenvalue weighted by atomic mass is 35.5. The summed E-state index contributed by atoms with van der Waals surface area (Å²) in [4.78, 5) is 24.3. The Morgan fingerprint density at radius 3 is 2.87 bits per heavy atom. The van der Waals surface area contributed by atoms with Gasteiger partial charge in [-0.2, -0.15) is 0 Å². The molecule has 2 heterocycles.